The Balaban J connectivity index is 2.14. The average molecular weight is 280 g/mol. The van der Waals surface area contributed by atoms with Crippen molar-refractivity contribution in [2.75, 3.05) is 0 Å². The molecule has 0 fully saturated rings. The number of rotatable bonds is 4. The number of halogens is 1. The van der Waals surface area contributed by atoms with Crippen LogP contribution in [-0.2, 0) is 5.75 Å². The second-order valence-corrected chi connectivity index (χ2v) is 5.66. The molecule has 1 atom stereocenters. The molecule has 1 aromatic rings. The lowest BCUT2D eigenvalue weighted by molar-refractivity contribution is -0.432. The first-order valence-corrected chi connectivity index (χ1v) is 6.68. The van der Waals surface area contributed by atoms with E-state index in [9.17, 15) is 14.5 Å². The van der Waals surface area contributed by atoms with Crippen LogP contribution in [0.1, 0.15) is 12.5 Å². The first-order valence-electron chi connectivity index (χ1n) is 5.69. The molecule has 1 N–H and O–H groups in total. The van der Waals surface area contributed by atoms with Gasteiger partial charge in [-0.3, -0.25) is 10.1 Å². The van der Waals surface area contributed by atoms with Crippen LogP contribution < -0.4 is 5.32 Å². The molecule has 19 heavy (non-hydrogen) atoms. The Labute approximate surface area is 114 Å². The SMILES string of the molecule is CC1(SCc2ccccc2)NC=C(F)C=C1[N+](=O)[O-]. The summed E-state index contributed by atoms with van der Waals surface area (Å²) in [4.78, 5) is 9.54. The van der Waals surface area contributed by atoms with Crippen molar-refractivity contribution < 1.29 is 9.31 Å². The zero-order valence-corrected chi connectivity index (χ0v) is 11.1. The van der Waals surface area contributed by atoms with E-state index < -0.39 is 15.6 Å². The molecule has 0 aromatic heterocycles. The van der Waals surface area contributed by atoms with E-state index in [-0.39, 0.29) is 5.70 Å². The van der Waals surface area contributed by atoms with Crippen LogP contribution in [0, 0.1) is 10.1 Å². The third-order valence-electron chi connectivity index (χ3n) is 2.82. The zero-order chi connectivity index (χ0) is 13.9. The van der Waals surface area contributed by atoms with Crippen LogP contribution in [0.15, 0.2) is 54.1 Å². The average Bonchev–Trinajstić information content (AvgIpc) is 2.41. The quantitative estimate of drug-likeness (QED) is 0.679. The van der Waals surface area contributed by atoms with Crippen LogP contribution >= 0.6 is 11.8 Å². The van der Waals surface area contributed by atoms with Crippen LogP contribution in [-0.4, -0.2) is 9.79 Å². The summed E-state index contributed by atoms with van der Waals surface area (Å²) in [5, 5.41) is 13.8. The minimum absolute atomic E-state index is 0.173. The molecule has 0 aliphatic carbocycles. The molecular formula is C13H13FN2O2S. The first kappa shape index (κ1) is 13.6. The predicted octanol–water partition coefficient (Wildman–Crippen LogP) is 3.21. The highest BCUT2D eigenvalue weighted by Gasteiger charge is 2.40. The summed E-state index contributed by atoms with van der Waals surface area (Å²) >= 11 is 1.36. The number of nitrogens with one attached hydrogen (secondary N) is 1. The van der Waals surface area contributed by atoms with E-state index >= 15 is 0 Å². The Hall–Kier alpha value is -1.82. The van der Waals surface area contributed by atoms with Gasteiger partial charge in [0.1, 0.15) is 5.83 Å². The largest absolute Gasteiger partial charge is 0.366 e. The second kappa shape index (κ2) is 5.44. The Kier molecular flexibility index (Phi) is 3.90. The molecule has 1 aliphatic heterocycles. The number of nitro groups is 1. The van der Waals surface area contributed by atoms with Gasteiger partial charge in [0.15, 0.2) is 4.87 Å². The van der Waals surface area contributed by atoms with Gasteiger partial charge in [0, 0.05) is 12.0 Å². The van der Waals surface area contributed by atoms with E-state index in [1.165, 1.54) is 11.8 Å². The number of thioether (sulfide) groups is 1. The molecule has 1 aromatic carbocycles. The molecule has 0 radical (unpaired) electrons. The Morgan fingerprint density at radius 2 is 2.11 bits per heavy atom. The maximum absolute atomic E-state index is 13.1. The lowest BCUT2D eigenvalue weighted by Gasteiger charge is -2.28. The van der Waals surface area contributed by atoms with Crippen LogP contribution in [0.25, 0.3) is 0 Å². The van der Waals surface area contributed by atoms with E-state index in [1.807, 2.05) is 30.3 Å². The highest BCUT2D eigenvalue weighted by atomic mass is 32.2. The summed E-state index contributed by atoms with van der Waals surface area (Å²) in [5.74, 6) is -0.0326. The van der Waals surface area contributed by atoms with Gasteiger partial charge in [-0.05, 0) is 12.5 Å². The van der Waals surface area contributed by atoms with Gasteiger partial charge in [0.05, 0.1) is 11.0 Å². The van der Waals surface area contributed by atoms with Gasteiger partial charge >= 0.3 is 0 Å². The maximum atomic E-state index is 13.1. The van der Waals surface area contributed by atoms with E-state index in [4.69, 9.17) is 0 Å². The molecule has 0 bridgehead atoms. The van der Waals surface area contributed by atoms with Crippen LogP contribution in [0.3, 0.4) is 0 Å². The highest BCUT2D eigenvalue weighted by Crippen LogP contribution is 2.36. The monoisotopic (exact) mass is 280 g/mol. The van der Waals surface area contributed by atoms with Gasteiger partial charge in [-0.15, -0.1) is 11.8 Å². The van der Waals surface area contributed by atoms with Crippen molar-refractivity contribution in [3.63, 3.8) is 0 Å². The Morgan fingerprint density at radius 3 is 2.74 bits per heavy atom. The minimum Gasteiger partial charge on any atom is -0.366 e. The number of allylic oxidation sites excluding steroid dienone is 2. The third-order valence-corrected chi connectivity index (χ3v) is 4.20. The number of dihydropyridines is 1. The molecule has 1 heterocycles. The van der Waals surface area contributed by atoms with Crippen LogP contribution in [0.2, 0.25) is 0 Å². The fourth-order valence-corrected chi connectivity index (χ4v) is 2.81. The molecule has 0 amide bonds. The Morgan fingerprint density at radius 1 is 1.42 bits per heavy atom. The second-order valence-electron chi connectivity index (χ2n) is 4.27. The first-order chi connectivity index (χ1) is 9.01. The van der Waals surface area contributed by atoms with Crippen molar-refractivity contribution >= 4 is 11.8 Å². The molecular weight excluding hydrogens is 267 g/mol. The maximum Gasteiger partial charge on any atom is 0.284 e. The summed E-state index contributed by atoms with van der Waals surface area (Å²) in [5.41, 5.74) is 0.890. The minimum atomic E-state index is -0.936. The van der Waals surface area contributed by atoms with Crippen molar-refractivity contribution in [3.8, 4) is 0 Å². The van der Waals surface area contributed by atoms with Crippen molar-refractivity contribution in [1.29, 1.82) is 0 Å². The molecule has 100 valence electrons. The summed E-state index contributed by atoms with van der Waals surface area (Å²) in [6.45, 7) is 1.68. The van der Waals surface area contributed by atoms with Crippen LogP contribution in [0.4, 0.5) is 4.39 Å². The molecule has 4 nitrogen and oxygen atoms in total. The predicted molar refractivity (Wildman–Crippen MR) is 73.5 cm³/mol. The van der Waals surface area contributed by atoms with Gasteiger partial charge in [-0.1, -0.05) is 30.3 Å². The summed E-state index contributed by atoms with van der Waals surface area (Å²) < 4.78 is 13.1. The van der Waals surface area contributed by atoms with Crippen LogP contribution in [0.5, 0.6) is 0 Å². The summed E-state index contributed by atoms with van der Waals surface area (Å²) in [7, 11) is 0. The fourth-order valence-electron chi connectivity index (χ4n) is 1.74. The van der Waals surface area contributed by atoms with Crippen molar-refractivity contribution in [2.24, 2.45) is 0 Å². The smallest absolute Gasteiger partial charge is 0.284 e. The number of hydrogen-bond acceptors (Lipinski definition) is 4. The van der Waals surface area contributed by atoms with Gasteiger partial charge in [0.2, 0.25) is 0 Å². The number of nitrogens with zero attached hydrogens (tertiary/aromatic N) is 1. The molecule has 1 unspecified atom stereocenters. The van der Waals surface area contributed by atoms with Gasteiger partial charge < -0.3 is 5.32 Å². The molecule has 6 heteroatoms. The highest BCUT2D eigenvalue weighted by molar-refractivity contribution is 8.00. The van der Waals surface area contributed by atoms with Crippen molar-refractivity contribution in [2.45, 2.75) is 17.5 Å². The third kappa shape index (κ3) is 3.14. The van der Waals surface area contributed by atoms with E-state index in [0.717, 1.165) is 17.8 Å². The van der Waals surface area contributed by atoms with Gasteiger partial charge in [-0.25, -0.2) is 4.39 Å². The number of hydrogen-bond donors (Lipinski definition) is 1. The van der Waals surface area contributed by atoms with Crippen molar-refractivity contribution in [3.05, 3.63) is 69.8 Å². The topological polar surface area (TPSA) is 55.2 Å². The van der Waals surface area contributed by atoms with Gasteiger partial charge in [0.25, 0.3) is 5.70 Å². The van der Waals surface area contributed by atoms with E-state index in [2.05, 4.69) is 5.32 Å². The lowest BCUT2D eigenvalue weighted by atomic mass is 10.2. The van der Waals surface area contributed by atoms with E-state index in [0.29, 0.717) is 5.75 Å². The molecule has 2 rings (SSSR count). The molecule has 0 spiro atoms. The summed E-state index contributed by atoms with van der Waals surface area (Å²) in [6.07, 6.45) is 2.12. The zero-order valence-electron chi connectivity index (χ0n) is 10.3. The Bertz CT molecular complexity index is 545. The summed E-state index contributed by atoms with van der Waals surface area (Å²) in [6, 6.07) is 9.64. The number of benzene rings is 1. The molecule has 0 saturated carbocycles. The normalized spacial score (nSPS) is 22.2. The van der Waals surface area contributed by atoms with Gasteiger partial charge in [-0.2, -0.15) is 0 Å². The molecule has 0 saturated heterocycles. The molecule has 1 aliphatic rings. The van der Waals surface area contributed by atoms with E-state index in [1.54, 1.807) is 6.92 Å². The lowest BCUT2D eigenvalue weighted by Crippen LogP contribution is -2.42. The van der Waals surface area contributed by atoms with Crippen molar-refractivity contribution in [1.82, 2.24) is 5.32 Å². The fraction of sp³-hybridized carbons (Fsp3) is 0.231. The standard InChI is InChI=1S/C13H13FN2O2S/c1-13(19-9-10-5-3-2-4-6-10)12(16(17)18)7-11(14)8-15-13/h2-8,15H,9H2,1H3.